The van der Waals surface area contributed by atoms with Gasteiger partial charge in [-0.1, -0.05) is 42.5 Å². The first-order valence-corrected chi connectivity index (χ1v) is 13.1. The topological polar surface area (TPSA) is 139 Å². The van der Waals surface area contributed by atoms with Gasteiger partial charge in [0.2, 0.25) is 0 Å². The largest absolute Gasteiger partial charge is 0.490 e. The molecule has 0 aliphatic carbocycles. The molecular formula is C30H33FN6O4. The number of likely N-dealkylation sites (N-methyl/N-ethyl adjacent to an activating group) is 1. The van der Waals surface area contributed by atoms with Crippen molar-refractivity contribution in [2.75, 3.05) is 20.7 Å². The van der Waals surface area contributed by atoms with E-state index in [1.807, 2.05) is 25.1 Å². The first kappa shape index (κ1) is 29.1. The molecule has 0 bridgehead atoms. The monoisotopic (exact) mass is 560 g/mol. The number of hydrogen-bond acceptors (Lipinski definition) is 6. The molecule has 3 aromatic carbocycles. The molecule has 0 aliphatic rings. The van der Waals surface area contributed by atoms with E-state index in [9.17, 15) is 14.0 Å². The van der Waals surface area contributed by atoms with Crippen LogP contribution in [0.15, 0.2) is 71.5 Å². The number of para-hydroxylation sites is 1. The van der Waals surface area contributed by atoms with Gasteiger partial charge >= 0.3 is 5.69 Å². The van der Waals surface area contributed by atoms with E-state index >= 15 is 0 Å². The third-order valence-corrected chi connectivity index (χ3v) is 6.51. The highest BCUT2D eigenvalue weighted by molar-refractivity contribution is 5.94. The van der Waals surface area contributed by atoms with Crippen LogP contribution in [0.4, 0.5) is 4.39 Å². The van der Waals surface area contributed by atoms with Crippen LogP contribution in [-0.4, -0.2) is 58.2 Å². The first-order valence-electron chi connectivity index (χ1n) is 13.1. The second-order valence-corrected chi connectivity index (χ2v) is 9.68. The van der Waals surface area contributed by atoms with Crippen molar-refractivity contribution in [3.8, 4) is 17.2 Å². The summed E-state index contributed by atoms with van der Waals surface area (Å²) in [5.41, 5.74) is 7.29. The normalized spacial score (nSPS) is 12.4. The van der Waals surface area contributed by atoms with Gasteiger partial charge < -0.3 is 20.1 Å². The van der Waals surface area contributed by atoms with Crippen LogP contribution in [0.25, 0.3) is 5.69 Å². The number of ether oxygens (including phenoxy) is 2. The maximum Gasteiger partial charge on any atom is 0.348 e. The Morgan fingerprint density at radius 3 is 2.46 bits per heavy atom. The summed E-state index contributed by atoms with van der Waals surface area (Å²) in [6.45, 7) is 3.86. The van der Waals surface area contributed by atoms with E-state index in [1.54, 1.807) is 51.4 Å². The number of halogens is 1. The molecule has 0 saturated heterocycles. The van der Waals surface area contributed by atoms with Crippen LogP contribution in [0.1, 0.15) is 42.3 Å². The highest BCUT2D eigenvalue weighted by atomic mass is 19.1. The van der Waals surface area contributed by atoms with Gasteiger partial charge in [-0.3, -0.25) is 15.2 Å². The minimum atomic E-state index is -0.738. The number of nitrogens with zero attached hydrogens (tertiary/aromatic N) is 3. The third kappa shape index (κ3) is 6.63. The van der Waals surface area contributed by atoms with Gasteiger partial charge in [0.25, 0.3) is 5.91 Å². The second kappa shape index (κ2) is 12.5. The van der Waals surface area contributed by atoms with Crippen LogP contribution >= 0.6 is 0 Å². The molecule has 0 fully saturated rings. The van der Waals surface area contributed by atoms with Crippen molar-refractivity contribution in [2.24, 2.45) is 5.73 Å². The van der Waals surface area contributed by atoms with Crippen LogP contribution < -0.4 is 20.9 Å². The fourth-order valence-electron chi connectivity index (χ4n) is 4.42. The average Bonchev–Trinajstić information content (AvgIpc) is 3.33. The summed E-state index contributed by atoms with van der Waals surface area (Å²) in [4.78, 5) is 29.6. The number of rotatable bonds is 11. The minimum Gasteiger partial charge on any atom is -0.490 e. The summed E-state index contributed by atoms with van der Waals surface area (Å²) >= 11 is 0. The molecule has 214 valence electrons. The number of aromatic amines is 1. The molecule has 0 spiro atoms. The Morgan fingerprint density at radius 2 is 1.83 bits per heavy atom. The van der Waals surface area contributed by atoms with Crippen molar-refractivity contribution < 1.29 is 18.7 Å². The summed E-state index contributed by atoms with van der Waals surface area (Å²) in [6.07, 6.45) is -0.331. The van der Waals surface area contributed by atoms with Crippen LogP contribution in [-0.2, 0) is 11.2 Å². The highest BCUT2D eigenvalue weighted by Gasteiger charge is 2.25. The number of hydrogen-bond donors (Lipinski definition) is 3. The molecule has 11 heteroatoms. The number of H-pyrrole nitrogens is 1. The van der Waals surface area contributed by atoms with E-state index in [4.69, 9.17) is 20.6 Å². The van der Waals surface area contributed by atoms with E-state index in [-0.39, 0.29) is 17.4 Å². The van der Waals surface area contributed by atoms with E-state index in [2.05, 4.69) is 10.1 Å². The average molecular weight is 561 g/mol. The number of carbonyl (C=O) groups excluding carboxylic acids is 1. The Hall–Kier alpha value is -4.93. The first-order chi connectivity index (χ1) is 19.6. The standard InChI is InChI=1S/C30H33FN6O4/c1-5-40-26-17-21(14-15-25(26)41-18(2)29(38)36(3)4)22(16-19-10-12-20(13-11-19)27(32)33)28-34-30(39)37(35-28)24-9-7-6-8-23(24)31/h6-15,17-18,22H,5,16H2,1-4H3,(H3,32,33)(H,34,35,39). The van der Waals surface area contributed by atoms with Crippen molar-refractivity contribution in [3.05, 3.63) is 106 Å². The Morgan fingerprint density at radius 1 is 1.12 bits per heavy atom. The zero-order chi connectivity index (χ0) is 29.7. The molecule has 4 rings (SSSR count). The van der Waals surface area contributed by atoms with Crippen LogP contribution in [0.2, 0.25) is 0 Å². The molecule has 4 aromatic rings. The molecule has 2 unspecified atom stereocenters. The lowest BCUT2D eigenvalue weighted by Gasteiger charge is -2.22. The van der Waals surface area contributed by atoms with Crippen molar-refractivity contribution in [3.63, 3.8) is 0 Å². The van der Waals surface area contributed by atoms with Gasteiger partial charge in [0, 0.05) is 25.6 Å². The second-order valence-electron chi connectivity index (χ2n) is 9.68. The number of amides is 1. The van der Waals surface area contributed by atoms with E-state index in [0.29, 0.717) is 35.9 Å². The number of amidine groups is 1. The summed E-state index contributed by atoms with van der Waals surface area (Å²) in [5.74, 6) is -0.149. The lowest BCUT2D eigenvalue weighted by Crippen LogP contribution is -2.35. The zero-order valence-corrected chi connectivity index (χ0v) is 23.3. The molecular weight excluding hydrogens is 527 g/mol. The Bertz CT molecular complexity index is 1600. The summed E-state index contributed by atoms with van der Waals surface area (Å²) in [5, 5.41) is 12.1. The van der Waals surface area contributed by atoms with Crippen molar-refractivity contribution in [2.45, 2.75) is 32.3 Å². The van der Waals surface area contributed by atoms with E-state index in [1.165, 1.54) is 23.1 Å². The Balaban J connectivity index is 1.78. The molecule has 1 heterocycles. The third-order valence-electron chi connectivity index (χ3n) is 6.51. The number of nitrogens with two attached hydrogens (primary N) is 1. The quantitative estimate of drug-likeness (QED) is 0.189. The predicted molar refractivity (Wildman–Crippen MR) is 154 cm³/mol. The number of benzene rings is 3. The molecule has 41 heavy (non-hydrogen) atoms. The molecule has 2 atom stereocenters. The maximum atomic E-state index is 14.5. The molecule has 4 N–H and O–H groups in total. The lowest BCUT2D eigenvalue weighted by molar-refractivity contribution is -0.135. The summed E-state index contributed by atoms with van der Waals surface area (Å²) < 4.78 is 27.4. The Kier molecular flexibility index (Phi) is 8.86. The Labute approximate surface area is 237 Å². The minimum absolute atomic E-state index is 0.0304. The number of aromatic nitrogens is 3. The van der Waals surface area contributed by atoms with Crippen molar-refractivity contribution in [1.82, 2.24) is 19.7 Å². The van der Waals surface area contributed by atoms with E-state index < -0.39 is 23.5 Å². The SMILES string of the molecule is CCOc1cc(C(Cc2ccc(C(=N)N)cc2)c2nn(-c3ccccc3F)c(=O)[nH]2)ccc1OC(C)C(=O)N(C)C. The lowest BCUT2D eigenvalue weighted by atomic mass is 9.90. The van der Waals surface area contributed by atoms with Gasteiger partial charge in [0.1, 0.15) is 23.2 Å². The van der Waals surface area contributed by atoms with E-state index in [0.717, 1.165) is 15.8 Å². The zero-order valence-electron chi connectivity index (χ0n) is 23.3. The fraction of sp³-hybridized carbons (Fsp3) is 0.267. The van der Waals surface area contributed by atoms with Crippen molar-refractivity contribution >= 4 is 11.7 Å². The van der Waals surface area contributed by atoms with Crippen LogP contribution in [0.3, 0.4) is 0 Å². The molecule has 0 saturated carbocycles. The highest BCUT2D eigenvalue weighted by Crippen LogP contribution is 2.35. The van der Waals surface area contributed by atoms with Gasteiger partial charge in [-0.05, 0) is 55.7 Å². The molecule has 0 aliphatic heterocycles. The van der Waals surface area contributed by atoms with Gasteiger partial charge in [-0.25, -0.2) is 9.18 Å². The fourth-order valence-corrected chi connectivity index (χ4v) is 4.42. The van der Waals surface area contributed by atoms with Gasteiger partial charge in [0.05, 0.1) is 6.61 Å². The van der Waals surface area contributed by atoms with Crippen LogP contribution in [0.5, 0.6) is 11.5 Å². The van der Waals surface area contributed by atoms with Gasteiger partial charge in [0.15, 0.2) is 17.6 Å². The van der Waals surface area contributed by atoms with Crippen LogP contribution in [0, 0.1) is 11.2 Å². The molecule has 1 amide bonds. The number of nitrogen functional groups attached to an aromatic ring is 1. The summed E-state index contributed by atoms with van der Waals surface area (Å²) in [7, 11) is 3.31. The smallest absolute Gasteiger partial charge is 0.348 e. The maximum absolute atomic E-state index is 14.5. The van der Waals surface area contributed by atoms with Gasteiger partial charge in [-0.2, -0.15) is 4.68 Å². The number of nitrogens with one attached hydrogen (secondary N) is 2. The van der Waals surface area contributed by atoms with Crippen molar-refractivity contribution in [1.29, 1.82) is 5.41 Å². The molecule has 1 aromatic heterocycles. The number of carbonyl (C=O) groups is 1. The molecule has 0 radical (unpaired) electrons. The summed E-state index contributed by atoms with van der Waals surface area (Å²) in [6, 6.07) is 18.4. The van der Waals surface area contributed by atoms with Gasteiger partial charge in [-0.15, -0.1) is 5.10 Å². The molecule has 10 nitrogen and oxygen atoms in total. The predicted octanol–water partition coefficient (Wildman–Crippen LogP) is 3.61.